The average Bonchev–Trinajstić information content (AvgIpc) is 3.01. The number of ether oxygens (including phenoxy) is 1. The van der Waals surface area contributed by atoms with E-state index in [9.17, 15) is 4.79 Å². The van der Waals surface area contributed by atoms with Gasteiger partial charge in [0.25, 0.3) is 0 Å². The minimum Gasteiger partial charge on any atom is -0.497 e. The number of nitrogens with zero attached hydrogens (tertiary/aromatic N) is 1. The van der Waals surface area contributed by atoms with Gasteiger partial charge >= 0.3 is 0 Å². The van der Waals surface area contributed by atoms with Crippen molar-refractivity contribution in [3.8, 4) is 5.75 Å². The second kappa shape index (κ2) is 8.16. The van der Waals surface area contributed by atoms with Crippen LogP contribution in [-0.4, -0.2) is 25.0 Å². The summed E-state index contributed by atoms with van der Waals surface area (Å²) in [5.41, 5.74) is 3.60. The molecular weight excluding hydrogens is 288 g/mol. The van der Waals surface area contributed by atoms with Crippen molar-refractivity contribution in [3.05, 3.63) is 54.0 Å². The van der Waals surface area contributed by atoms with E-state index in [2.05, 4.69) is 10.5 Å². The van der Waals surface area contributed by atoms with Crippen LogP contribution in [-0.2, 0) is 10.5 Å². The predicted molar refractivity (Wildman–Crippen MR) is 83.6 cm³/mol. The van der Waals surface area contributed by atoms with Crippen molar-refractivity contribution in [2.45, 2.75) is 5.75 Å². The van der Waals surface area contributed by atoms with E-state index in [1.54, 1.807) is 25.5 Å². The topological polar surface area (TPSA) is 63.8 Å². The van der Waals surface area contributed by atoms with E-state index in [4.69, 9.17) is 9.15 Å². The number of furan rings is 1. The molecule has 2 rings (SSSR count). The maximum Gasteiger partial charge on any atom is 0.250 e. The first-order chi connectivity index (χ1) is 10.3. The van der Waals surface area contributed by atoms with Gasteiger partial charge in [0.05, 0.1) is 25.3 Å². The number of rotatable bonds is 7. The van der Waals surface area contributed by atoms with Crippen LogP contribution in [0.2, 0.25) is 0 Å². The molecule has 5 nitrogen and oxygen atoms in total. The minimum atomic E-state index is -0.142. The van der Waals surface area contributed by atoms with E-state index in [0.717, 1.165) is 17.1 Å². The molecule has 0 aliphatic carbocycles. The molecule has 0 saturated carbocycles. The van der Waals surface area contributed by atoms with Crippen LogP contribution < -0.4 is 10.2 Å². The van der Waals surface area contributed by atoms with Crippen LogP contribution in [0.4, 0.5) is 0 Å². The molecule has 1 heterocycles. The number of nitrogens with one attached hydrogen (secondary N) is 1. The maximum absolute atomic E-state index is 11.6. The summed E-state index contributed by atoms with van der Waals surface area (Å²) in [5, 5.41) is 3.81. The van der Waals surface area contributed by atoms with E-state index >= 15 is 0 Å². The fourth-order valence-corrected chi connectivity index (χ4v) is 2.33. The van der Waals surface area contributed by atoms with Crippen molar-refractivity contribution >= 4 is 23.9 Å². The molecular formula is C15H16N2O3S. The second-order valence-corrected chi connectivity index (χ2v) is 5.14. The molecule has 0 radical (unpaired) electrons. The number of hydrogen-bond acceptors (Lipinski definition) is 5. The van der Waals surface area contributed by atoms with Gasteiger partial charge in [0.15, 0.2) is 0 Å². The van der Waals surface area contributed by atoms with Crippen LogP contribution in [0.15, 0.2) is 52.2 Å². The molecule has 110 valence electrons. The molecule has 1 aromatic heterocycles. The van der Waals surface area contributed by atoms with Crippen LogP contribution in [0.3, 0.4) is 0 Å². The lowest BCUT2D eigenvalue weighted by molar-refractivity contribution is -0.118. The molecule has 21 heavy (non-hydrogen) atoms. The molecule has 2 aromatic rings. The van der Waals surface area contributed by atoms with Gasteiger partial charge in [-0.1, -0.05) is 12.1 Å². The van der Waals surface area contributed by atoms with Gasteiger partial charge in [0.2, 0.25) is 5.91 Å². The van der Waals surface area contributed by atoms with Crippen molar-refractivity contribution in [2.75, 3.05) is 12.9 Å². The number of thioether (sulfide) groups is 1. The van der Waals surface area contributed by atoms with Gasteiger partial charge in [0, 0.05) is 5.75 Å². The van der Waals surface area contributed by atoms with Crippen molar-refractivity contribution in [2.24, 2.45) is 5.10 Å². The lowest BCUT2D eigenvalue weighted by Gasteiger charge is -2.03. The number of hydrazone groups is 1. The Labute approximate surface area is 127 Å². The Balaban J connectivity index is 1.66. The molecule has 0 aliphatic heterocycles. The van der Waals surface area contributed by atoms with E-state index in [0.29, 0.717) is 11.5 Å². The highest BCUT2D eigenvalue weighted by Crippen LogP contribution is 2.16. The van der Waals surface area contributed by atoms with E-state index in [1.807, 2.05) is 24.3 Å². The summed E-state index contributed by atoms with van der Waals surface area (Å²) in [7, 11) is 1.64. The summed E-state index contributed by atoms with van der Waals surface area (Å²) in [6, 6.07) is 11.3. The Hall–Kier alpha value is -2.21. The number of methoxy groups -OCH3 is 1. The number of amides is 1. The monoisotopic (exact) mass is 304 g/mol. The number of hydrogen-bond donors (Lipinski definition) is 1. The highest BCUT2D eigenvalue weighted by Gasteiger charge is 2.01. The molecule has 0 saturated heterocycles. The van der Waals surface area contributed by atoms with Crippen LogP contribution in [0.5, 0.6) is 5.75 Å². The summed E-state index contributed by atoms with van der Waals surface area (Å²) < 4.78 is 10.1. The number of carbonyl (C=O) groups is 1. The molecule has 1 amide bonds. The quantitative estimate of drug-likeness (QED) is 0.631. The summed E-state index contributed by atoms with van der Waals surface area (Å²) in [6.07, 6.45) is 3.01. The van der Waals surface area contributed by atoms with Gasteiger partial charge in [-0.15, -0.1) is 11.8 Å². The van der Waals surface area contributed by atoms with E-state index in [-0.39, 0.29) is 5.91 Å². The van der Waals surface area contributed by atoms with Crippen molar-refractivity contribution < 1.29 is 13.9 Å². The standard InChI is InChI=1S/C15H16N2O3S/c1-19-13-6-4-12(5-7-13)10-21-11-15(18)17-16-9-14-3-2-8-20-14/h2-9H,10-11H2,1H3,(H,17,18)/b16-9+. The zero-order valence-electron chi connectivity index (χ0n) is 11.6. The van der Waals surface area contributed by atoms with Gasteiger partial charge in [-0.2, -0.15) is 5.10 Å². The number of benzene rings is 1. The highest BCUT2D eigenvalue weighted by molar-refractivity contribution is 7.99. The molecule has 1 N–H and O–H groups in total. The van der Waals surface area contributed by atoms with Crippen LogP contribution in [0.1, 0.15) is 11.3 Å². The van der Waals surface area contributed by atoms with Gasteiger partial charge in [-0.05, 0) is 29.8 Å². The van der Waals surface area contributed by atoms with Gasteiger partial charge in [-0.3, -0.25) is 4.79 Å². The molecule has 0 atom stereocenters. The SMILES string of the molecule is COc1ccc(CSCC(=O)N/N=C/c2ccco2)cc1. The lowest BCUT2D eigenvalue weighted by Crippen LogP contribution is -2.19. The largest absolute Gasteiger partial charge is 0.497 e. The predicted octanol–water partition coefficient (Wildman–Crippen LogP) is 2.67. The van der Waals surface area contributed by atoms with Crippen LogP contribution in [0.25, 0.3) is 0 Å². The van der Waals surface area contributed by atoms with Crippen molar-refractivity contribution in [1.82, 2.24) is 5.43 Å². The Bertz CT molecular complexity index is 579. The zero-order chi connectivity index (χ0) is 14.9. The summed E-state index contributed by atoms with van der Waals surface area (Å²) in [5.74, 6) is 2.40. The molecule has 0 bridgehead atoms. The molecule has 0 fully saturated rings. The fraction of sp³-hybridized carbons (Fsp3) is 0.200. The van der Waals surface area contributed by atoms with Crippen molar-refractivity contribution in [3.63, 3.8) is 0 Å². The Morgan fingerprint density at radius 2 is 2.19 bits per heavy atom. The molecule has 0 unspecified atom stereocenters. The van der Waals surface area contributed by atoms with E-state index < -0.39 is 0 Å². The molecule has 0 aliphatic rings. The van der Waals surface area contributed by atoms with Gasteiger partial charge < -0.3 is 9.15 Å². The third-order valence-electron chi connectivity index (χ3n) is 2.59. The molecule has 0 spiro atoms. The van der Waals surface area contributed by atoms with Crippen LogP contribution in [0, 0.1) is 0 Å². The fourth-order valence-electron chi connectivity index (χ4n) is 1.55. The highest BCUT2D eigenvalue weighted by atomic mass is 32.2. The van der Waals surface area contributed by atoms with Gasteiger partial charge in [-0.25, -0.2) is 5.43 Å². The third kappa shape index (κ3) is 5.35. The zero-order valence-corrected chi connectivity index (χ0v) is 12.4. The lowest BCUT2D eigenvalue weighted by atomic mass is 10.2. The first-order valence-electron chi connectivity index (χ1n) is 6.34. The van der Waals surface area contributed by atoms with E-state index in [1.165, 1.54) is 18.0 Å². The Kier molecular flexibility index (Phi) is 5.90. The Morgan fingerprint density at radius 3 is 2.86 bits per heavy atom. The average molecular weight is 304 g/mol. The number of carbonyl (C=O) groups excluding carboxylic acids is 1. The Morgan fingerprint density at radius 1 is 1.38 bits per heavy atom. The maximum atomic E-state index is 11.6. The first kappa shape index (κ1) is 15.2. The van der Waals surface area contributed by atoms with Gasteiger partial charge in [0.1, 0.15) is 11.5 Å². The third-order valence-corrected chi connectivity index (χ3v) is 3.59. The van der Waals surface area contributed by atoms with Crippen LogP contribution >= 0.6 is 11.8 Å². The summed E-state index contributed by atoms with van der Waals surface area (Å²) >= 11 is 1.53. The minimum absolute atomic E-state index is 0.142. The first-order valence-corrected chi connectivity index (χ1v) is 7.49. The van der Waals surface area contributed by atoms with Crippen molar-refractivity contribution in [1.29, 1.82) is 0 Å². The smallest absolute Gasteiger partial charge is 0.250 e. The molecule has 1 aromatic carbocycles. The second-order valence-electron chi connectivity index (χ2n) is 4.15. The molecule has 6 heteroatoms. The summed E-state index contributed by atoms with van der Waals surface area (Å²) in [4.78, 5) is 11.6. The summed E-state index contributed by atoms with van der Waals surface area (Å²) in [6.45, 7) is 0. The normalized spacial score (nSPS) is 10.7.